The van der Waals surface area contributed by atoms with Gasteiger partial charge in [-0.25, -0.2) is 0 Å². The monoisotopic (exact) mass is 356 g/mol. The van der Waals surface area contributed by atoms with Gasteiger partial charge in [-0.1, -0.05) is 0 Å². The van der Waals surface area contributed by atoms with Crippen LogP contribution in [0.25, 0.3) is 11.5 Å². The third-order valence-corrected chi connectivity index (χ3v) is 5.14. The number of aromatic nitrogens is 2. The summed E-state index contributed by atoms with van der Waals surface area (Å²) >= 11 is 0. The van der Waals surface area contributed by atoms with Crippen molar-refractivity contribution >= 4 is 11.7 Å². The Kier molecular flexibility index (Phi) is 5.15. The highest BCUT2D eigenvalue weighted by Crippen LogP contribution is 2.23. The lowest BCUT2D eigenvalue weighted by molar-refractivity contribution is -0.126. The smallest absolute Gasteiger partial charge is 0.223 e. The molecule has 2 aromatic rings. The van der Waals surface area contributed by atoms with Crippen LogP contribution in [0.15, 0.2) is 34.9 Å². The van der Waals surface area contributed by atoms with Crippen molar-refractivity contribution in [1.29, 1.82) is 0 Å². The zero-order valence-corrected chi connectivity index (χ0v) is 14.8. The summed E-state index contributed by atoms with van der Waals surface area (Å²) in [6.45, 7) is 3.08. The molecule has 7 heteroatoms. The highest BCUT2D eigenvalue weighted by Gasteiger charge is 2.26. The Hall–Kier alpha value is -2.41. The van der Waals surface area contributed by atoms with Gasteiger partial charge in [0.05, 0.1) is 12.4 Å². The van der Waals surface area contributed by atoms with Crippen molar-refractivity contribution in [2.45, 2.75) is 31.8 Å². The fraction of sp³-hybridized carbons (Fsp3) is 0.526. The highest BCUT2D eigenvalue weighted by atomic mass is 16.5. The number of rotatable bonds is 5. The van der Waals surface area contributed by atoms with E-state index in [1.54, 1.807) is 6.26 Å². The second kappa shape index (κ2) is 7.86. The molecule has 138 valence electrons. The van der Waals surface area contributed by atoms with Crippen LogP contribution in [0.2, 0.25) is 0 Å². The Labute approximate surface area is 152 Å². The number of ether oxygens (including phenoxy) is 1. The van der Waals surface area contributed by atoms with Gasteiger partial charge in [-0.3, -0.25) is 4.79 Å². The van der Waals surface area contributed by atoms with E-state index in [2.05, 4.69) is 20.4 Å². The predicted octanol–water partition coefficient (Wildman–Crippen LogP) is 2.25. The van der Waals surface area contributed by atoms with Crippen molar-refractivity contribution in [2.24, 2.45) is 5.92 Å². The Bertz CT molecular complexity index is 703. The molecule has 26 heavy (non-hydrogen) atoms. The average Bonchev–Trinajstić information content (AvgIpc) is 3.40. The number of nitrogens with zero attached hydrogens (tertiary/aromatic N) is 3. The van der Waals surface area contributed by atoms with E-state index >= 15 is 0 Å². The van der Waals surface area contributed by atoms with E-state index in [0.717, 1.165) is 56.9 Å². The molecule has 0 aromatic carbocycles. The van der Waals surface area contributed by atoms with Gasteiger partial charge in [-0.05, 0) is 49.9 Å². The maximum Gasteiger partial charge on any atom is 0.223 e. The van der Waals surface area contributed by atoms with Crippen molar-refractivity contribution in [1.82, 2.24) is 15.5 Å². The van der Waals surface area contributed by atoms with Crippen LogP contribution in [0, 0.1) is 5.92 Å². The van der Waals surface area contributed by atoms with Gasteiger partial charge >= 0.3 is 0 Å². The van der Waals surface area contributed by atoms with E-state index in [4.69, 9.17) is 9.15 Å². The van der Waals surface area contributed by atoms with Crippen LogP contribution in [0.5, 0.6) is 0 Å². The molecule has 4 rings (SSSR count). The number of carbonyl (C=O) groups is 1. The van der Waals surface area contributed by atoms with E-state index in [9.17, 15) is 4.79 Å². The summed E-state index contributed by atoms with van der Waals surface area (Å²) in [4.78, 5) is 14.5. The molecular weight excluding hydrogens is 332 g/mol. The molecule has 1 amide bonds. The Morgan fingerprint density at radius 2 is 2.08 bits per heavy atom. The molecule has 2 aromatic heterocycles. The number of piperidine rings is 1. The van der Waals surface area contributed by atoms with E-state index in [0.29, 0.717) is 12.3 Å². The lowest BCUT2D eigenvalue weighted by atomic mass is 9.96. The second-order valence-corrected chi connectivity index (χ2v) is 6.90. The minimum absolute atomic E-state index is 0.0722. The summed E-state index contributed by atoms with van der Waals surface area (Å²) in [5.74, 6) is 1.78. The first-order chi connectivity index (χ1) is 12.8. The number of amides is 1. The van der Waals surface area contributed by atoms with Gasteiger partial charge in [-0.15, -0.1) is 10.2 Å². The molecule has 7 nitrogen and oxygen atoms in total. The van der Waals surface area contributed by atoms with Crippen LogP contribution in [0.1, 0.15) is 25.7 Å². The summed E-state index contributed by atoms with van der Waals surface area (Å²) in [5.41, 5.74) is 0.724. The van der Waals surface area contributed by atoms with E-state index in [1.807, 2.05) is 24.3 Å². The molecule has 0 aliphatic carbocycles. The topological polar surface area (TPSA) is 80.5 Å². The van der Waals surface area contributed by atoms with Gasteiger partial charge < -0.3 is 19.4 Å². The van der Waals surface area contributed by atoms with E-state index in [-0.39, 0.29) is 17.9 Å². The number of hydrogen-bond donors (Lipinski definition) is 1. The number of carbonyl (C=O) groups excluding carboxylic acids is 1. The van der Waals surface area contributed by atoms with Gasteiger partial charge in [0.15, 0.2) is 11.6 Å². The fourth-order valence-corrected chi connectivity index (χ4v) is 3.58. The number of nitrogens with one attached hydrogen (secondary N) is 1. The van der Waals surface area contributed by atoms with E-state index in [1.165, 1.54) is 0 Å². The molecule has 0 saturated carbocycles. The molecular formula is C19H24N4O3. The van der Waals surface area contributed by atoms with Crippen LogP contribution in [0.3, 0.4) is 0 Å². The van der Waals surface area contributed by atoms with Crippen LogP contribution >= 0.6 is 0 Å². The van der Waals surface area contributed by atoms with Crippen molar-refractivity contribution in [3.05, 3.63) is 30.5 Å². The second-order valence-electron chi connectivity index (χ2n) is 6.90. The van der Waals surface area contributed by atoms with Crippen LogP contribution < -0.4 is 10.2 Å². The summed E-state index contributed by atoms with van der Waals surface area (Å²) in [6.07, 6.45) is 5.63. The first-order valence-corrected chi connectivity index (χ1v) is 9.31. The summed E-state index contributed by atoms with van der Waals surface area (Å²) in [6, 6.07) is 7.58. The number of furan rings is 1. The van der Waals surface area contributed by atoms with Gasteiger partial charge in [0, 0.05) is 32.2 Å². The van der Waals surface area contributed by atoms with Gasteiger partial charge in [0.1, 0.15) is 5.69 Å². The summed E-state index contributed by atoms with van der Waals surface area (Å²) in [7, 11) is 0. The maximum absolute atomic E-state index is 12.4. The molecule has 1 N–H and O–H groups in total. The molecule has 0 radical (unpaired) electrons. The third-order valence-electron chi connectivity index (χ3n) is 5.14. The molecule has 4 heterocycles. The zero-order valence-electron chi connectivity index (χ0n) is 14.8. The quantitative estimate of drug-likeness (QED) is 0.885. The van der Waals surface area contributed by atoms with Crippen LogP contribution in [0.4, 0.5) is 5.82 Å². The molecule has 2 fully saturated rings. The summed E-state index contributed by atoms with van der Waals surface area (Å²) in [5, 5.41) is 11.6. The molecule has 2 saturated heterocycles. The van der Waals surface area contributed by atoms with Gasteiger partial charge in [0.25, 0.3) is 0 Å². The van der Waals surface area contributed by atoms with Crippen LogP contribution in [-0.4, -0.2) is 48.4 Å². The number of hydrogen-bond acceptors (Lipinski definition) is 6. The molecule has 2 aliphatic rings. The SMILES string of the molecule is O=C(NCC1CCCO1)C1CCN(c2ccc(-c3ccco3)nn2)CC1. The van der Waals surface area contributed by atoms with Crippen molar-refractivity contribution in [2.75, 3.05) is 31.1 Å². The fourth-order valence-electron chi connectivity index (χ4n) is 3.58. The van der Waals surface area contributed by atoms with E-state index < -0.39 is 0 Å². The molecule has 0 spiro atoms. The van der Waals surface area contributed by atoms with Crippen molar-refractivity contribution in [3.63, 3.8) is 0 Å². The van der Waals surface area contributed by atoms with Crippen molar-refractivity contribution < 1.29 is 13.9 Å². The van der Waals surface area contributed by atoms with Gasteiger partial charge in [0.2, 0.25) is 5.91 Å². The first kappa shape index (κ1) is 17.0. The molecule has 0 bridgehead atoms. The highest BCUT2D eigenvalue weighted by molar-refractivity contribution is 5.79. The van der Waals surface area contributed by atoms with Crippen LogP contribution in [-0.2, 0) is 9.53 Å². The zero-order chi connectivity index (χ0) is 17.8. The molecule has 2 aliphatic heterocycles. The number of anilines is 1. The van der Waals surface area contributed by atoms with Crippen molar-refractivity contribution in [3.8, 4) is 11.5 Å². The Morgan fingerprint density at radius 1 is 1.19 bits per heavy atom. The maximum atomic E-state index is 12.4. The predicted molar refractivity (Wildman–Crippen MR) is 96.7 cm³/mol. The average molecular weight is 356 g/mol. The normalized spacial score (nSPS) is 21.1. The standard InChI is InChI=1S/C19H24N4O3/c24-19(20-13-15-3-1-11-25-15)14-7-9-23(10-8-14)18-6-5-16(21-22-18)17-4-2-12-26-17/h2,4-6,12,14-15H,1,3,7-11,13H2,(H,20,24). The first-order valence-electron chi connectivity index (χ1n) is 9.31. The summed E-state index contributed by atoms with van der Waals surface area (Å²) < 4.78 is 10.9. The molecule has 1 atom stereocenters. The lowest BCUT2D eigenvalue weighted by Gasteiger charge is -2.32. The minimum Gasteiger partial charge on any atom is -0.463 e. The Morgan fingerprint density at radius 3 is 2.73 bits per heavy atom. The minimum atomic E-state index is 0.0722. The largest absolute Gasteiger partial charge is 0.463 e. The lowest BCUT2D eigenvalue weighted by Crippen LogP contribution is -2.42. The van der Waals surface area contributed by atoms with Gasteiger partial charge in [-0.2, -0.15) is 0 Å². The third kappa shape index (κ3) is 3.88. The molecule has 1 unspecified atom stereocenters. The Balaban J connectivity index is 1.27.